The molecule has 4 rings (SSSR count). The van der Waals surface area contributed by atoms with Gasteiger partial charge in [0.25, 0.3) is 0 Å². The Hall–Kier alpha value is -2.52. The number of rotatable bonds is 3. The predicted octanol–water partition coefficient (Wildman–Crippen LogP) is 4.32. The van der Waals surface area contributed by atoms with E-state index < -0.39 is 0 Å². The molecule has 1 fully saturated rings. The molecule has 2 heterocycles. The lowest BCUT2D eigenvalue weighted by atomic mass is 10.2. The van der Waals surface area contributed by atoms with E-state index in [1.165, 1.54) is 22.5 Å². The van der Waals surface area contributed by atoms with Crippen LogP contribution in [0.3, 0.4) is 0 Å². The molecule has 1 aliphatic heterocycles. The molecule has 0 saturated carbocycles. The summed E-state index contributed by atoms with van der Waals surface area (Å²) in [6.45, 7) is 3.79. The quantitative estimate of drug-likeness (QED) is 0.717. The molecule has 0 aliphatic carbocycles. The maximum atomic E-state index is 6.00. The van der Waals surface area contributed by atoms with Gasteiger partial charge in [0.1, 0.15) is 0 Å². The molecule has 1 unspecified atom stereocenters. The molecule has 3 heteroatoms. The van der Waals surface area contributed by atoms with Crippen molar-refractivity contribution < 1.29 is 4.74 Å². The zero-order valence-corrected chi connectivity index (χ0v) is 13.2. The van der Waals surface area contributed by atoms with Crippen molar-refractivity contribution in [1.29, 1.82) is 0 Å². The van der Waals surface area contributed by atoms with Crippen LogP contribution in [0.2, 0.25) is 0 Å². The Kier molecular flexibility index (Phi) is 3.64. The molecule has 1 saturated heterocycles. The van der Waals surface area contributed by atoms with E-state index in [1.54, 1.807) is 0 Å². The summed E-state index contributed by atoms with van der Waals surface area (Å²) in [5, 5.41) is 0. The van der Waals surface area contributed by atoms with E-state index in [2.05, 4.69) is 83.4 Å². The smallest absolute Gasteiger partial charge is 0.158 e. The van der Waals surface area contributed by atoms with Gasteiger partial charge in [-0.05, 0) is 37.3 Å². The SMILES string of the molecule is Cc1ccc(N2CCOC2c2ccn(-c3ccccc3)c2)cc1. The molecule has 1 aromatic heterocycles. The van der Waals surface area contributed by atoms with E-state index in [-0.39, 0.29) is 6.23 Å². The van der Waals surface area contributed by atoms with E-state index in [9.17, 15) is 0 Å². The zero-order chi connectivity index (χ0) is 15.6. The first-order valence-electron chi connectivity index (χ1n) is 7.99. The van der Waals surface area contributed by atoms with Crippen LogP contribution in [-0.4, -0.2) is 17.7 Å². The van der Waals surface area contributed by atoms with E-state index in [1.807, 2.05) is 6.07 Å². The number of aromatic nitrogens is 1. The summed E-state index contributed by atoms with van der Waals surface area (Å²) in [5.74, 6) is 0. The average Bonchev–Trinajstić information content (AvgIpc) is 3.25. The minimum atomic E-state index is -0.0114. The van der Waals surface area contributed by atoms with Crippen molar-refractivity contribution in [3.8, 4) is 5.69 Å². The highest BCUT2D eigenvalue weighted by molar-refractivity contribution is 5.50. The van der Waals surface area contributed by atoms with Gasteiger partial charge >= 0.3 is 0 Å². The molecular weight excluding hydrogens is 284 g/mol. The van der Waals surface area contributed by atoms with Crippen molar-refractivity contribution in [2.75, 3.05) is 18.1 Å². The van der Waals surface area contributed by atoms with E-state index in [0.717, 1.165) is 13.2 Å². The highest BCUT2D eigenvalue weighted by atomic mass is 16.5. The first-order chi connectivity index (χ1) is 11.3. The highest BCUT2D eigenvalue weighted by Crippen LogP contribution is 2.32. The summed E-state index contributed by atoms with van der Waals surface area (Å²) in [6, 6.07) is 21.2. The Morgan fingerprint density at radius 1 is 0.913 bits per heavy atom. The fourth-order valence-corrected chi connectivity index (χ4v) is 3.07. The molecule has 0 N–H and O–H groups in total. The Morgan fingerprint density at radius 3 is 2.48 bits per heavy atom. The van der Waals surface area contributed by atoms with Crippen molar-refractivity contribution in [2.24, 2.45) is 0 Å². The molecule has 2 aromatic carbocycles. The molecule has 1 atom stereocenters. The van der Waals surface area contributed by atoms with Crippen LogP contribution < -0.4 is 4.90 Å². The normalized spacial score (nSPS) is 17.6. The van der Waals surface area contributed by atoms with Crippen molar-refractivity contribution in [1.82, 2.24) is 4.57 Å². The van der Waals surface area contributed by atoms with Gasteiger partial charge < -0.3 is 14.2 Å². The summed E-state index contributed by atoms with van der Waals surface area (Å²) >= 11 is 0. The second-order valence-electron chi connectivity index (χ2n) is 5.94. The second kappa shape index (κ2) is 5.94. The van der Waals surface area contributed by atoms with Crippen molar-refractivity contribution in [3.63, 3.8) is 0 Å². The van der Waals surface area contributed by atoms with Crippen LogP contribution >= 0.6 is 0 Å². The van der Waals surface area contributed by atoms with Crippen LogP contribution in [0.4, 0.5) is 5.69 Å². The van der Waals surface area contributed by atoms with Crippen molar-refractivity contribution in [3.05, 3.63) is 84.2 Å². The highest BCUT2D eigenvalue weighted by Gasteiger charge is 2.27. The Labute approximate surface area is 136 Å². The molecule has 116 valence electrons. The average molecular weight is 304 g/mol. The van der Waals surface area contributed by atoms with Crippen LogP contribution in [0.15, 0.2) is 73.1 Å². The Bertz CT molecular complexity index is 777. The Morgan fingerprint density at radius 2 is 1.70 bits per heavy atom. The van der Waals surface area contributed by atoms with Crippen molar-refractivity contribution >= 4 is 5.69 Å². The maximum absolute atomic E-state index is 6.00. The fraction of sp³-hybridized carbons (Fsp3) is 0.200. The predicted molar refractivity (Wildman–Crippen MR) is 93.0 cm³/mol. The zero-order valence-electron chi connectivity index (χ0n) is 13.2. The molecular formula is C20H20N2O. The van der Waals surface area contributed by atoms with Gasteiger partial charge in [0.05, 0.1) is 6.61 Å². The van der Waals surface area contributed by atoms with Gasteiger partial charge in [0.2, 0.25) is 0 Å². The third kappa shape index (κ3) is 2.76. The lowest BCUT2D eigenvalue weighted by molar-refractivity contribution is 0.114. The lowest BCUT2D eigenvalue weighted by Gasteiger charge is -2.24. The minimum absolute atomic E-state index is 0.0114. The number of para-hydroxylation sites is 1. The maximum Gasteiger partial charge on any atom is 0.158 e. The van der Waals surface area contributed by atoms with Crippen LogP contribution in [0.1, 0.15) is 17.4 Å². The number of nitrogens with zero attached hydrogens (tertiary/aromatic N) is 2. The van der Waals surface area contributed by atoms with Gasteiger partial charge in [0, 0.05) is 35.9 Å². The Balaban J connectivity index is 1.62. The third-order valence-electron chi connectivity index (χ3n) is 4.31. The largest absolute Gasteiger partial charge is 0.352 e. The van der Waals surface area contributed by atoms with Crippen LogP contribution in [-0.2, 0) is 4.74 Å². The molecule has 0 bridgehead atoms. The minimum Gasteiger partial charge on any atom is -0.352 e. The van der Waals surface area contributed by atoms with E-state index >= 15 is 0 Å². The topological polar surface area (TPSA) is 17.4 Å². The van der Waals surface area contributed by atoms with Gasteiger partial charge in [-0.2, -0.15) is 0 Å². The van der Waals surface area contributed by atoms with E-state index in [0.29, 0.717) is 0 Å². The summed E-state index contributed by atoms with van der Waals surface area (Å²) in [4.78, 5) is 2.32. The molecule has 1 aliphatic rings. The summed E-state index contributed by atoms with van der Waals surface area (Å²) in [7, 11) is 0. The number of anilines is 1. The van der Waals surface area contributed by atoms with Crippen LogP contribution in [0, 0.1) is 6.92 Å². The lowest BCUT2D eigenvalue weighted by Crippen LogP contribution is -2.22. The number of benzene rings is 2. The molecule has 3 aromatic rings. The monoisotopic (exact) mass is 304 g/mol. The molecule has 0 spiro atoms. The summed E-state index contributed by atoms with van der Waals surface area (Å²) < 4.78 is 8.14. The molecule has 23 heavy (non-hydrogen) atoms. The van der Waals surface area contributed by atoms with E-state index in [4.69, 9.17) is 4.74 Å². The van der Waals surface area contributed by atoms with Gasteiger partial charge in [-0.15, -0.1) is 0 Å². The fourth-order valence-electron chi connectivity index (χ4n) is 3.07. The van der Waals surface area contributed by atoms with Gasteiger partial charge in [0.15, 0.2) is 6.23 Å². The van der Waals surface area contributed by atoms with Crippen molar-refractivity contribution in [2.45, 2.75) is 13.2 Å². The van der Waals surface area contributed by atoms with Gasteiger partial charge in [-0.3, -0.25) is 0 Å². The van der Waals surface area contributed by atoms with Gasteiger partial charge in [-0.1, -0.05) is 35.9 Å². The summed E-state index contributed by atoms with van der Waals surface area (Å²) in [5.41, 5.74) is 4.84. The number of hydrogen-bond acceptors (Lipinski definition) is 2. The first-order valence-corrected chi connectivity index (χ1v) is 7.99. The van der Waals surface area contributed by atoms with Crippen LogP contribution in [0.5, 0.6) is 0 Å². The number of hydrogen-bond donors (Lipinski definition) is 0. The number of aryl methyl sites for hydroxylation is 1. The molecule has 0 amide bonds. The summed E-state index contributed by atoms with van der Waals surface area (Å²) in [6.07, 6.45) is 4.24. The second-order valence-corrected chi connectivity index (χ2v) is 5.94. The van der Waals surface area contributed by atoms with Gasteiger partial charge in [-0.25, -0.2) is 0 Å². The van der Waals surface area contributed by atoms with Crippen LogP contribution in [0.25, 0.3) is 5.69 Å². The third-order valence-corrected chi connectivity index (χ3v) is 4.31. The molecule has 0 radical (unpaired) electrons. The molecule has 3 nitrogen and oxygen atoms in total. The first kappa shape index (κ1) is 14.1. The standard InChI is InChI=1S/C20H20N2O/c1-16-7-9-19(10-8-16)22-13-14-23-20(22)17-11-12-21(15-17)18-5-3-2-4-6-18/h2-12,15,20H,13-14H2,1H3. The number of ether oxygens (including phenoxy) is 1.